The number of halogens is 15. The van der Waals surface area contributed by atoms with Gasteiger partial charge in [-0.25, -0.2) is 0 Å². The van der Waals surface area contributed by atoms with Crippen molar-refractivity contribution < 1.29 is 5.11 Å². The Morgan fingerprint density at radius 3 is 0.783 bits per heavy atom. The van der Waals surface area contributed by atoms with Gasteiger partial charge in [-0.15, -0.1) is 0 Å². The quantitative estimate of drug-likeness (QED) is 0.310. The summed E-state index contributed by atoms with van der Waals surface area (Å²) < 4.78 is -17.2. The third-order valence-electron chi connectivity index (χ3n) is 2.42. The van der Waals surface area contributed by atoms with Crippen molar-refractivity contribution in [3.8, 4) is 0 Å². The van der Waals surface area contributed by atoms with E-state index in [-0.39, 0.29) is 0 Å². The van der Waals surface area contributed by atoms with Gasteiger partial charge in [0.15, 0.2) is 14.3 Å². The molecule has 23 heavy (non-hydrogen) atoms. The normalized spacial score (nSPS) is 16.7. The first-order chi connectivity index (χ1) is 9.50. The molecule has 0 aliphatic carbocycles. The van der Waals surface area contributed by atoms with Gasteiger partial charge in [0.1, 0.15) is 0 Å². The zero-order chi connectivity index (χ0) is 19.5. The molecule has 0 amide bonds. The molecule has 0 aromatic rings. The van der Waals surface area contributed by atoms with E-state index in [1.807, 2.05) is 0 Å². The summed E-state index contributed by atoms with van der Waals surface area (Å²) in [5.41, 5.74) is -3.31. The maximum Gasteiger partial charge on any atom is 0.226 e. The number of hydrogen-bond acceptors (Lipinski definition) is 1. The fourth-order valence-corrected chi connectivity index (χ4v) is 6.44. The molecule has 0 aromatic heterocycles. The molecule has 0 radical (unpaired) electrons. The minimum absolute atomic E-state index is 2.60. The molecule has 0 saturated carbocycles. The minimum Gasteiger partial charge on any atom is -0.378 e. The average molecular weight is 633 g/mol. The third kappa shape index (κ3) is 4.57. The maximum atomic E-state index is 10.7. The lowest BCUT2D eigenvalue weighted by Crippen LogP contribution is -2.73. The zero-order valence-electron chi connectivity index (χ0n) is 9.62. The van der Waals surface area contributed by atoms with Gasteiger partial charge >= 0.3 is 0 Å². The van der Waals surface area contributed by atoms with Crippen molar-refractivity contribution in [1.29, 1.82) is 0 Å². The zero-order valence-corrected chi connectivity index (χ0v) is 21.0. The molecule has 0 atom stereocenters. The Labute approximate surface area is 206 Å². The molecule has 0 fully saturated rings. The predicted molar refractivity (Wildman–Crippen MR) is 109 cm³/mol. The Bertz CT molecular complexity index is 422. The Kier molecular flexibility index (Phi) is 9.33. The number of aliphatic hydroxyl groups is 1. The van der Waals surface area contributed by atoms with Gasteiger partial charge in [0.2, 0.25) is 15.7 Å². The predicted octanol–water partition coefficient (Wildman–Crippen LogP) is 8.35. The summed E-state index contributed by atoms with van der Waals surface area (Å²) >= 11 is 86.3. The lowest BCUT2D eigenvalue weighted by Gasteiger charge is -2.54. The van der Waals surface area contributed by atoms with Gasteiger partial charge in [-0.2, -0.15) is 0 Å². The smallest absolute Gasteiger partial charge is 0.226 e. The molecule has 0 aromatic carbocycles. The van der Waals surface area contributed by atoms with Gasteiger partial charge in [0.25, 0.3) is 0 Å². The lowest BCUT2D eigenvalue weighted by molar-refractivity contribution is 0.0237. The first-order valence-corrected chi connectivity index (χ1v) is 10.2. The van der Waals surface area contributed by atoms with E-state index in [4.69, 9.17) is 174 Å². The first-order valence-electron chi connectivity index (χ1n) is 4.56. The lowest BCUT2D eigenvalue weighted by atomic mass is 9.97. The van der Waals surface area contributed by atoms with Crippen LogP contribution in [-0.2, 0) is 0 Å². The molecule has 140 valence electrons. The summed E-state index contributed by atoms with van der Waals surface area (Å²) in [5, 5.41) is 10.7. The second kappa shape index (κ2) is 7.86. The van der Waals surface area contributed by atoms with Gasteiger partial charge < -0.3 is 5.11 Å². The van der Waals surface area contributed by atoms with E-state index in [1.54, 1.807) is 0 Å². The highest BCUT2D eigenvalue weighted by atomic mass is 35.6. The van der Waals surface area contributed by atoms with E-state index in [9.17, 15) is 5.11 Å². The Morgan fingerprint density at radius 1 is 0.348 bits per heavy atom. The Morgan fingerprint density at radius 2 is 0.609 bits per heavy atom. The minimum atomic E-state index is -3.31. The van der Waals surface area contributed by atoms with Crippen LogP contribution < -0.4 is 0 Å². The van der Waals surface area contributed by atoms with Crippen LogP contribution in [-0.4, -0.2) is 35.1 Å². The van der Waals surface area contributed by atoms with E-state index >= 15 is 0 Å². The van der Waals surface area contributed by atoms with E-state index in [0.29, 0.717) is 0 Å². The second-order valence-corrected chi connectivity index (χ2v) is 14.8. The topological polar surface area (TPSA) is 20.2 Å². The summed E-state index contributed by atoms with van der Waals surface area (Å²) in [6, 6.07) is 0. The number of hydrogen-bond donors (Lipinski definition) is 1. The first kappa shape index (κ1) is 27.3. The largest absolute Gasteiger partial charge is 0.378 e. The molecule has 0 aliphatic heterocycles. The molecule has 0 bridgehead atoms. The summed E-state index contributed by atoms with van der Waals surface area (Å²) in [5.74, 6) is 0. The molecule has 1 nitrogen and oxygen atoms in total. The molecular weight excluding hydrogens is 632 g/mol. The van der Waals surface area contributed by atoms with Gasteiger partial charge in [-0.1, -0.05) is 174 Å². The van der Waals surface area contributed by atoms with Crippen molar-refractivity contribution in [1.82, 2.24) is 0 Å². The molecule has 0 spiro atoms. The fraction of sp³-hybridized carbons (Fsp3) is 1.00. The van der Waals surface area contributed by atoms with Crippen molar-refractivity contribution in [3.05, 3.63) is 0 Å². The summed E-state index contributed by atoms with van der Waals surface area (Å²) in [6.07, 6.45) is 0. The van der Waals surface area contributed by atoms with Crippen LogP contribution in [0.25, 0.3) is 0 Å². The maximum absolute atomic E-state index is 10.7. The van der Waals surface area contributed by atoms with Crippen molar-refractivity contribution in [2.45, 2.75) is 30.0 Å². The standard InChI is InChI=1S/C7HCl15O/c8-2(9,1(23,5(14,15)16)6(17,18)19)3(10,11)4(12,13)7(20,21)22/h23H. The summed E-state index contributed by atoms with van der Waals surface area (Å²) in [7, 11) is 0. The van der Waals surface area contributed by atoms with Crippen LogP contribution in [0.4, 0.5) is 0 Å². The highest BCUT2D eigenvalue weighted by Crippen LogP contribution is 2.70. The van der Waals surface area contributed by atoms with Gasteiger partial charge in [-0.3, -0.25) is 0 Å². The summed E-state index contributed by atoms with van der Waals surface area (Å²) in [6.45, 7) is 0. The van der Waals surface area contributed by atoms with Crippen LogP contribution in [0.1, 0.15) is 0 Å². The van der Waals surface area contributed by atoms with E-state index in [2.05, 4.69) is 0 Å². The average Bonchev–Trinajstić information content (AvgIpc) is 2.22. The van der Waals surface area contributed by atoms with Crippen LogP contribution in [0.5, 0.6) is 0 Å². The third-order valence-corrected chi connectivity index (χ3v) is 9.65. The van der Waals surface area contributed by atoms with Gasteiger partial charge in [-0.05, 0) is 0 Å². The molecule has 1 N–H and O–H groups in total. The van der Waals surface area contributed by atoms with Crippen molar-refractivity contribution in [2.75, 3.05) is 0 Å². The van der Waals surface area contributed by atoms with Crippen LogP contribution in [0, 0.1) is 0 Å². The van der Waals surface area contributed by atoms with Crippen LogP contribution >= 0.6 is 174 Å². The molecule has 0 unspecified atom stereocenters. The highest BCUT2D eigenvalue weighted by molar-refractivity contribution is 6.81. The van der Waals surface area contributed by atoms with Crippen molar-refractivity contribution >= 4 is 174 Å². The van der Waals surface area contributed by atoms with E-state index < -0.39 is 30.0 Å². The second-order valence-electron chi connectivity index (χ2n) is 3.93. The van der Waals surface area contributed by atoms with Crippen LogP contribution in [0.2, 0.25) is 0 Å². The number of rotatable bonds is 3. The summed E-state index contributed by atoms with van der Waals surface area (Å²) in [4.78, 5) is 0. The molecule has 0 aliphatic rings. The molecule has 0 rings (SSSR count). The molecular formula is C7HCl15O. The van der Waals surface area contributed by atoms with Crippen LogP contribution in [0.3, 0.4) is 0 Å². The Hall–Kier alpha value is 4.31. The molecule has 0 saturated heterocycles. The molecule has 16 heteroatoms. The van der Waals surface area contributed by atoms with E-state index in [1.165, 1.54) is 0 Å². The monoisotopic (exact) mass is 626 g/mol. The Balaban J connectivity index is 6.65. The van der Waals surface area contributed by atoms with Crippen molar-refractivity contribution in [2.24, 2.45) is 0 Å². The molecule has 0 heterocycles. The SMILES string of the molecule is OC(C(Cl)(Cl)Cl)(C(Cl)(Cl)Cl)C(Cl)(Cl)C(Cl)(Cl)C(Cl)(Cl)C(Cl)(Cl)Cl. The van der Waals surface area contributed by atoms with Crippen LogP contribution in [0.15, 0.2) is 0 Å². The van der Waals surface area contributed by atoms with Gasteiger partial charge in [0.05, 0.1) is 0 Å². The van der Waals surface area contributed by atoms with Crippen molar-refractivity contribution in [3.63, 3.8) is 0 Å². The highest BCUT2D eigenvalue weighted by Gasteiger charge is 2.81. The van der Waals surface area contributed by atoms with Gasteiger partial charge in [0, 0.05) is 0 Å². The fourth-order valence-electron chi connectivity index (χ4n) is 1.12. The van der Waals surface area contributed by atoms with E-state index in [0.717, 1.165) is 0 Å². The number of alkyl halides is 15.